The number of carbonyl (C=O) groups is 1. The molecular weight excluding hydrogens is 971 g/mol. The Morgan fingerprint density at radius 1 is 0.449 bits per heavy atom. The van der Waals surface area contributed by atoms with Gasteiger partial charge in [0.05, 0.1) is 25.4 Å². The van der Waals surface area contributed by atoms with Gasteiger partial charge in [-0.2, -0.15) is 0 Å². The van der Waals surface area contributed by atoms with Crippen LogP contribution in [0.1, 0.15) is 251 Å². The van der Waals surface area contributed by atoms with Crippen LogP contribution in [0.2, 0.25) is 0 Å². The first-order chi connectivity index (χ1) is 38.3. The predicted octanol–water partition coefficient (Wildman–Crippen LogP) is 16.7. The number of ether oxygens (including phenoxy) is 2. The second-order valence-electron chi connectivity index (χ2n) is 21.5. The molecule has 1 heterocycles. The fourth-order valence-corrected chi connectivity index (χ4v) is 9.33. The van der Waals surface area contributed by atoms with Gasteiger partial charge in [-0.15, -0.1) is 0 Å². The van der Waals surface area contributed by atoms with Crippen LogP contribution in [-0.4, -0.2) is 87.5 Å². The molecule has 1 aliphatic heterocycles. The third-order valence-electron chi connectivity index (χ3n) is 14.3. The van der Waals surface area contributed by atoms with Gasteiger partial charge in [-0.3, -0.25) is 4.79 Å². The molecule has 0 aliphatic carbocycles. The summed E-state index contributed by atoms with van der Waals surface area (Å²) in [6.07, 6.45) is 78.4. The highest BCUT2D eigenvalue weighted by Crippen LogP contribution is 2.23. The van der Waals surface area contributed by atoms with Crippen LogP contribution < -0.4 is 5.32 Å². The van der Waals surface area contributed by atoms with Gasteiger partial charge in [0.1, 0.15) is 24.4 Å². The van der Waals surface area contributed by atoms with E-state index in [4.69, 9.17) is 9.47 Å². The van der Waals surface area contributed by atoms with E-state index in [1.807, 2.05) is 6.08 Å². The fraction of sp³-hybridized carbons (Fsp3) is 0.696. The second-order valence-corrected chi connectivity index (χ2v) is 21.5. The van der Waals surface area contributed by atoms with Gasteiger partial charge >= 0.3 is 0 Å². The summed E-state index contributed by atoms with van der Waals surface area (Å²) in [7, 11) is 0. The third-order valence-corrected chi connectivity index (χ3v) is 14.3. The number of unbranched alkanes of at least 4 members (excludes halogenated alkanes) is 25. The Kier molecular flexibility index (Phi) is 52.9. The van der Waals surface area contributed by atoms with Crippen molar-refractivity contribution in [2.75, 3.05) is 13.2 Å². The number of allylic oxidation sites excluding steroid dienone is 19. The van der Waals surface area contributed by atoms with E-state index in [9.17, 15) is 30.3 Å². The summed E-state index contributed by atoms with van der Waals surface area (Å²) in [6, 6.07) is -0.826. The molecule has 446 valence electrons. The molecule has 0 aromatic heterocycles. The largest absolute Gasteiger partial charge is 0.394 e. The van der Waals surface area contributed by atoms with E-state index in [-0.39, 0.29) is 12.5 Å². The monoisotopic (exact) mass is 1090 g/mol. The topological polar surface area (TPSA) is 149 Å². The van der Waals surface area contributed by atoms with Crippen LogP contribution in [0.15, 0.2) is 122 Å². The van der Waals surface area contributed by atoms with E-state index < -0.39 is 49.5 Å². The fourth-order valence-electron chi connectivity index (χ4n) is 9.33. The van der Waals surface area contributed by atoms with Crippen molar-refractivity contribution in [3.05, 3.63) is 122 Å². The van der Waals surface area contributed by atoms with Gasteiger partial charge in [0.15, 0.2) is 6.29 Å². The van der Waals surface area contributed by atoms with Crippen molar-refractivity contribution in [2.45, 2.75) is 294 Å². The molecule has 1 fully saturated rings. The number of nitrogens with one attached hydrogen (secondary N) is 1. The average molecular weight is 1090 g/mol. The normalized spacial score (nSPS) is 19.5. The zero-order valence-electron chi connectivity index (χ0n) is 49.6. The molecule has 0 bridgehead atoms. The number of aliphatic hydroxyl groups is 5. The first kappa shape index (κ1) is 72.6. The summed E-state index contributed by atoms with van der Waals surface area (Å²) < 4.78 is 11.3. The molecule has 1 amide bonds. The highest BCUT2D eigenvalue weighted by atomic mass is 16.7. The second kappa shape index (κ2) is 56.8. The van der Waals surface area contributed by atoms with Crippen LogP contribution >= 0.6 is 0 Å². The number of hydrogen-bond acceptors (Lipinski definition) is 8. The van der Waals surface area contributed by atoms with Crippen LogP contribution in [0, 0.1) is 0 Å². The molecule has 1 rings (SSSR count). The van der Waals surface area contributed by atoms with Gasteiger partial charge in [0, 0.05) is 6.42 Å². The minimum absolute atomic E-state index is 0.199. The van der Waals surface area contributed by atoms with Crippen molar-refractivity contribution >= 4 is 5.91 Å². The quantitative estimate of drug-likeness (QED) is 0.0261. The number of aliphatic hydroxyl groups excluding tert-OH is 5. The van der Waals surface area contributed by atoms with Crippen molar-refractivity contribution in [3.8, 4) is 0 Å². The van der Waals surface area contributed by atoms with E-state index in [2.05, 4.69) is 129 Å². The third kappa shape index (κ3) is 45.3. The Morgan fingerprint density at radius 2 is 0.795 bits per heavy atom. The molecule has 1 aliphatic rings. The Balaban J connectivity index is 2.23. The van der Waals surface area contributed by atoms with E-state index >= 15 is 0 Å². The van der Waals surface area contributed by atoms with Crippen molar-refractivity contribution in [1.29, 1.82) is 0 Å². The molecule has 0 aromatic rings. The zero-order chi connectivity index (χ0) is 56.5. The maximum absolute atomic E-state index is 13.1. The van der Waals surface area contributed by atoms with Gasteiger partial charge in [-0.1, -0.05) is 277 Å². The summed E-state index contributed by atoms with van der Waals surface area (Å²) in [4.78, 5) is 13.1. The van der Waals surface area contributed by atoms with Gasteiger partial charge in [0.25, 0.3) is 0 Å². The summed E-state index contributed by atoms with van der Waals surface area (Å²) in [6.45, 7) is 3.66. The molecule has 6 N–H and O–H groups in total. The number of amides is 1. The van der Waals surface area contributed by atoms with Crippen LogP contribution in [0.25, 0.3) is 0 Å². The number of carbonyl (C=O) groups excluding carboxylic acids is 1. The predicted molar refractivity (Wildman–Crippen MR) is 331 cm³/mol. The smallest absolute Gasteiger partial charge is 0.220 e. The SMILES string of the molecule is CC/C=C\C/C=C\C/C=C\C/C=C\C/C=C\C/C=C\C/C=C\C/C=C\C/C=C\CCCCCCCC(=O)NC(COC1OC(CO)C(O)C(O)C1O)C(O)/C=C/CCCCCCCCCCCCCCCCCCCCCC. The van der Waals surface area contributed by atoms with E-state index in [1.54, 1.807) is 6.08 Å². The first-order valence-electron chi connectivity index (χ1n) is 31.8. The lowest BCUT2D eigenvalue weighted by atomic mass is 9.99. The molecule has 0 spiro atoms. The Bertz CT molecular complexity index is 1640. The first-order valence-corrected chi connectivity index (χ1v) is 31.8. The summed E-state index contributed by atoms with van der Waals surface area (Å²) in [5, 5.41) is 54.6. The molecule has 0 aromatic carbocycles. The van der Waals surface area contributed by atoms with Crippen molar-refractivity contribution in [1.82, 2.24) is 5.32 Å². The minimum Gasteiger partial charge on any atom is -0.394 e. The summed E-state index contributed by atoms with van der Waals surface area (Å²) >= 11 is 0. The lowest BCUT2D eigenvalue weighted by Crippen LogP contribution is -2.60. The molecule has 0 saturated carbocycles. The average Bonchev–Trinajstić information content (AvgIpc) is 3.45. The van der Waals surface area contributed by atoms with E-state index in [0.29, 0.717) is 6.42 Å². The molecule has 1 saturated heterocycles. The molecule has 9 heteroatoms. The molecule has 0 radical (unpaired) electrons. The van der Waals surface area contributed by atoms with Crippen LogP contribution in [-0.2, 0) is 14.3 Å². The van der Waals surface area contributed by atoms with Gasteiger partial charge in [0.2, 0.25) is 5.91 Å². The van der Waals surface area contributed by atoms with E-state index in [1.165, 1.54) is 116 Å². The Labute approximate surface area is 478 Å². The Morgan fingerprint density at radius 3 is 1.18 bits per heavy atom. The van der Waals surface area contributed by atoms with Crippen molar-refractivity contribution in [3.63, 3.8) is 0 Å². The standard InChI is InChI=1S/C69H117NO8/c1-3-5-7-9-11-13-15-17-19-21-23-25-27-28-29-30-31-32-33-34-35-36-37-39-41-43-45-47-49-51-53-55-57-59-65(73)70-62(61-77-69-68(76)67(75)66(74)64(60-71)78-69)63(72)58-56-54-52-50-48-46-44-42-40-38-26-24-22-20-18-16-14-12-10-8-6-4-2/h5,7,11,13,17,19,23,25,28-29,31-32,34-35,37,39,43,45,56,58,62-64,66-69,71-72,74-76H,3-4,6,8-10,12,14-16,18,20-22,24,26-27,30,33,36,38,40-42,44,46-55,57,59-61H2,1-2H3,(H,70,73)/b7-5-,13-11-,19-17-,25-23-,29-28-,32-31-,35-34-,39-37-,45-43-,58-56+. The highest BCUT2D eigenvalue weighted by molar-refractivity contribution is 5.76. The maximum atomic E-state index is 13.1. The van der Waals surface area contributed by atoms with Gasteiger partial charge < -0.3 is 40.3 Å². The molecule has 7 unspecified atom stereocenters. The molecular formula is C69H117NO8. The van der Waals surface area contributed by atoms with E-state index in [0.717, 1.165) is 116 Å². The van der Waals surface area contributed by atoms with Gasteiger partial charge in [-0.05, 0) is 89.9 Å². The molecule has 7 atom stereocenters. The van der Waals surface area contributed by atoms with Crippen LogP contribution in [0.4, 0.5) is 0 Å². The lowest BCUT2D eigenvalue weighted by Gasteiger charge is -2.40. The molecule has 9 nitrogen and oxygen atoms in total. The summed E-state index contributed by atoms with van der Waals surface area (Å²) in [5.41, 5.74) is 0. The number of rotatable bonds is 53. The molecule has 78 heavy (non-hydrogen) atoms. The lowest BCUT2D eigenvalue weighted by molar-refractivity contribution is -0.302. The highest BCUT2D eigenvalue weighted by Gasteiger charge is 2.44. The van der Waals surface area contributed by atoms with Crippen LogP contribution in [0.3, 0.4) is 0 Å². The van der Waals surface area contributed by atoms with Crippen molar-refractivity contribution < 1.29 is 39.8 Å². The Hall–Kier alpha value is -3.41. The maximum Gasteiger partial charge on any atom is 0.220 e. The zero-order valence-corrected chi connectivity index (χ0v) is 49.6. The summed E-state index contributed by atoms with van der Waals surface area (Å²) in [5.74, 6) is -0.199. The van der Waals surface area contributed by atoms with Crippen LogP contribution in [0.5, 0.6) is 0 Å². The van der Waals surface area contributed by atoms with Gasteiger partial charge in [-0.25, -0.2) is 0 Å². The van der Waals surface area contributed by atoms with Crippen molar-refractivity contribution in [2.24, 2.45) is 0 Å². The number of hydrogen-bond donors (Lipinski definition) is 6. The minimum atomic E-state index is -1.58.